The Morgan fingerprint density at radius 1 is 1.13 bits per heavy atom. The number of benzene rings is 2. The molecule has 6 nitrogen and oxygen atoms in total. The molecule has 1 fully saturated rings. The van der Waals surface area contributed by atoms with Gasteiger partial charge in [-0.3, -0.25) is 9.69 Å². The summed E-state index contributed by atoms with van der Waals surface area (Å²) in [5.41, 5.74) is 1.20. The van der Waals surface area contributed by atoms with Crippen molar-refractivity contribution in [2.45, 2.75) is 25.7 Å². The van der Waals surface area contributed by atoms with Crippen molar-refractivity contribution in [2.75, 3.05) is 52.5 Å². The number of morpholine rings is 1. The first kappa shape index (κ1) is 23.3. The van der Waals surface area contributed by atoms with Crippen molar-refractivity contribution in [1.29, 1.82) is 0 Å². The Labute approximate surface area is 184 Å². The largest absolute Gasteiger partial charge is 0.489 e. The lowest BCUT2D eigenvalue weighted by Gasteiger charge is -2.26. The quantitative estimate of drug-likeness (QED) is 0.376. The number of carboxylic acids is 1. The lowest BCUT2D eigenvalue weighted by Crippen LogP contribution is -2.40. The standard InChI is InChI=1S/C25H34N2O4/c28-25(29)12-3-1-2-7-21(19-26-13-14-27-15-17-30-18-16-27)20-31-24-11-6-9-22-8-4-5-10-23(22)24/h4-11,26H,1-3,12-20H2,(H,28,29). The number of ether oxygens (including phenoxy) is 2. The van der Waals surface area contributed by atoms with E-state index in [1.54, 1.807) is 0 Å². The maximum atomic E-state index is 10.7. The minimum atomic E-state index is -0.728. The van der Waals surface area contributed by atoms with Gasteiger partial charge in [-0.15, -0.1) is 0 Å². The first-order valence-electron chi connectivity index (χ1n) is 11.2. The summed E-state index contributed by atoms with van der Waals surface area (Å²) in [5, 5.41) is 14.6. The van der Waals surface area contributed by atoms with Crippen LogP contribution < -0.4 is 10.1 Å². The van der Waals surface area contributed by atoms with Gasteiger partial charge in [0.1, 0.15) is 12.4 Å². The number of unbranched alkanes of at least 4 members (excludes halogenated alkanes) is 2. The van der Waals surface area contributed by atoms with Crippen LogP contribution >= 0.6 is 0 Å². The van der Waals surface area contributed by atoms with E-state index in [2.05, 4.69) is 34.5 Å². The average Bonchev–Trinajstić information content (AvgIpc) is 2.80. The fraction of sp³-hybridized carbons (Fsp3) is 0.480. The third-order valence-electron chi connectivity index (χ3n) is 5.50. The molecule has 0 spiro atoms. The molecule has 0 radical (unpaired) electrons. The number of nitrogens with zero attached hydrogens (tertiary/aromatic N) is 1. The van der Waals surface area contributed by atoms with Crippen molar-refractivity contribution in [3.8, 4) is 5.75 Å². The number of hydrogen-bond donors (Lipinski definition) is 2. The summed E-state index contributed by atoms with van der Waals surface area (Å²) in [4.78, 5) is 13.1. The molecule has 2 aromatic rings. The molecule has 168 valence electrons. The van der Waals surface area contributed by atoms with Crippen molar-refractivity contribution < 1.29 is 19.4 Å². The minimum absolute atomic E-state index is 0.230. The first-order chi connectivity index (χ1) is 15.2. The van der Waals surface area contributed by atoms with E-state index in [9.17, 15) is 4.79 Å². The molecule has 0 aromatic heterocycles. The fourth-order valence-corrected chi connectivity index (χ4v) is 3.71. The van der Waals surface area contributed by atoms with Crippen LogP contribution in [-0.4, -0.2) is 68.5 Å². The van der Waals surface area contributed by atoms with Gasteiger partial charge < -0.3 is 19.9 Å². The van der Waals surface area contributed by atoms with Gasteiger partial charge in [0.15, 0.2) is 0 Å². The van der Waals surface area contributed by atoms with E-state index in [0.29, 0.717) is 13.0 Å². The van der Waals surface area contributed by atoms with E-state index in [1.807, 2.05) is 24.3 Å². The second-order valence-electron chi connectivity index (χ2n) is 7.90. The van der Waals surface area contributed by atoms with Gasteiger partial charge in [0.2, 0.25) is 0 Å². The monoisotopic (exact) mass is 426 g/mol. The summed E-state index contributed by atoms with van der Waals surface area (Å²) in [7, 11) is 0. The van der Waals surface area contributed by atoms with Crippen LogP contribution in [0.2, 0.25) is 0 Å². The van der Waals surface area contributed by atoms with Crippen LogP contribution in [0.1, 0.15) is 25.7 Å². The number of aliphatic carboxylic acids is 1. The summed E-state index contributed by atoms with van der Waals surface area (Å²) in [6.07, 6.45) is 4.88. The van der Waals surface area contributed by atoms with Gasteiger partial charge in [-0.25, -0.2) is 0 Å². The Morgan fingerprint density at radius 2 is 1.94 bits per heavy atom. The molecule has 0 saturated carbocycles. The van der Waals surface area contributed by atoms with Crippen LogP contribution in [-0.2, 0) is 9.53 Å². The number of fused-ring (bicyclic) bond motifs is 1. The SMILES string of the molecule is O=C(O)CCCCC=C(CNCCN1CCOCC1)COc1cccc2ccccc12. The molecule has 0 aliphatic carbocycles. The average molecular weight is 427 g/mol. The highest BCUT2D eigenvalue weighted by Gasteiger charge is 2.09. The molecule has 3 rings (SSSR count). The van der Waals surface area contributed by atoms with Crippen LogP contribution in [0.5, 0.6) is 5.75 Å². The predicted octanol–water partition coefficient (Wildman–Crippen LogP) is 3.71. The van der Waals surface area contributed by atoms with Crippen LogP contribution in [0.3, 0.4) is 0 Å². The third kappa shape index (κ3) is 8.32. The van der Waals surface area contributed by atoms with Gasteiger partial charge in [-0.05, 0) is 36.3 Å². The summed E-state index contributed by atoms with van der Waals surface area (Å²) in [5.74, 6) is 0.163. The molecule has 1 aliphatic heterocycles. The molecule has 6 heteroatoms. The number of nitrogens with one attached hydrogen (secondary N) is 1. The number of allylic oxidation sites excluding steroid dienone is 1. The molecule has 2 N–H and O–H groups in total. The molecular formula is C25H34N2O4. The van der Waals surface area contributed by atoms with E-state index in [0.717, 1.165) is 69.9 Å². The van der Waals surface area contributed by atoms with E-state index >= 15 is 0 Å². The van der Waals surface area contributed by atoms with Crippen molar-refractivity contribution in [1.82, 2.24) is 10.2 Å². The van der Waals surface area contributed by atoms with Crippen LogP contribution in [0.15, 0.2) is 54.1 Å². The predicted molar refractivity (Wildman–Crippen MR) is 124 cm³/mol. The van der Waals surface area contributed by atoms with E-state index in [-0.39, 0.29) is 6.42 Å². The molecule has 1 aliphatic rings. The van der Waals surface area contributed by atoms with E-state index in [1.165, 1.54) is 11.0 Å². The van der Waals surface area contributed by atoms with Crippen LogP contribution in [0.25, 0.3) is 10.8 Å². The highest BCUT2D eigenvalue weighted by Crippen LogP contribution is 2.25. The summed E-state index contributed by atoms with van der Waals surface area (Å²) in [6, 6.07) is 14.4. The maximum Gasteiger partial charge on any atom is 0.303 e. The normalized spacial score (nSPS) is 15.3. The van der Waals surface area contributed by atoms with Gasteiger partial charge >= 0.3 is 5.97 Å². The highest BCUT2D eigenvalue weighted by molar-refractivity contribution is 5.88. The van der Waals surface area contributed by atoms with Crippen LogP contribution in [0, 0.1) is 0 Å². The van der Waals surface area contributed by atoms with Crippen molar-refractivity contribution in [3.05, 3.63) is 54.1 Å². The van der Waals surface area contributed by atoms with Gasteiger partial charge in [0, 0.05) is 44.5 Å². The van der Waals surface area contributed by atoms with Crippen LogP contribution in [0.4, 0.5) is 0 Å². The lowest BCUT2D eigenvalue weighted by atomic mass is 10.1. The molecule has 1 saturated heterocycles. The zero-order valence-corrected chi connectivity index (χ0v) is 18.2. The zero-order chi connectivity index (χ0) is 21.7. The third-order valence-corrected chi connectivity index (χ3v) is 5.50. The molecule has 31 heavy (non-hydrogen) atoms. The van der Waals surface area contributed by atoms with Crippen molar-refractivity contribution >= 4 is 16.7 Å². The van der Waals surface area contributed by atoms with E-state index < -0.39 is 5.97 Å². The van der Waals surface area contributed by atoms with Crippen molar-refractivity contribution in [3.63, 3.8) is 0 Å². The Bertz CT molecular complexity index is 841. The molecule has 1 heterocycles. The Kier molecular flexibility index (Phi) is 9.83. The molecule has 0 atom stereocenters. The number of carboxylic acid groups (broad SMARTS) is 1. The smallest absolute Gasteiger partial charge is 0.303 e. The fourth-order valence-electron chi connectivity index (χ4n) is 3.71. The molecule has 0 unspecified atom stereocenters. The summed E-state index contributed by atoms with van der Waals surface area (Å²) >= 11 is 0. The molecular weight excluding hydrogens is 392 g/mol. The topological polar surface area (TPSA) is 71.0 Å². The number of hydrogen-bond acceptors (Lipinski definition) is 5. The second kappa shape index (κ2) is 13.1. The van der Waals surface area contributed by atoms with Crippen molar-refractivity contribution in [2.24, 2.45) is 0 Å². The van der Waals surface area contributed by atoms with E-state index in [4.69, 9.17) is 14.6 Å². The van der Waals surface area contributed by atoms with Gasteiger partial charge in [-0.1, -0.05) is 42.5 Å². The summed E-state index contributed by atoms with van der Waals surface area (Å²) in [6.45, 7) is 6.87. The minimum Gasteiger partial charge on any atom is -0.489 e. The Hall–Kier alpha value is -2.41. The van der Waals surface area contributed by atoms with Gasteiger partial charge in [-0.2, -0.15) is 0 Å². The maximum absolute atomic E-state index is 10.7. The zero-order valence-electron chi connectivity index (χ0n) is 18.2. The van der Waals surface area contributed by atoms with Gasteiger partial charge in [0.05, 0.1) is 13.2 Å². The number of rotatable bonds is 13. The Morgan fingerprint density at radius 3 is 2.77 bits per heavy atom. The highest BCUT2D eigenvalue weighted by atomic mass is 16.5. The molecule has 0 amide bonds. The molecule has 0 bridgehead atoms. The van der Waals surface area contributed by atoms with Gasteiger partial charge in [0.25, 0.3) is 0 Å². The number of carbonyl (C=O) groups is 1. The molecule has 2 aromatic carbocycles. The summed E-state index contributed by atoms with van der Waals surface area (Å²) < 4.78 is 11.6. The second-order valence-corrected chi connectivity index (χ2v) is 7.90. The first-order valence-corrected chi connectivity index (χ1v) is 11.2. The lowest BCUT2D eigenvalue weighted by molar-refractivity contribution is -0.137. The Balaban J connectivity index is 1.51.